The summed E-state index contributed by atoms with van der Waals surface area (Å²) in [5.74, 6) is -1.77. The first kappa shape index (κ1) is 24.0. The molecule has 0 aromatic rings. The van der Waals surface area contributed by atoms with Gasteiger partial charge in [0.05, 0.1) is 12.1 Å². The number of piperidine rings is 1. The number of halogens is 2. The van der Waals surface area contributed by atoms with E-state index in [1.165, 1.54) is 4.90 Å². The first-order valence-corrected chi connectivity index (χ1v) is 12.6. The molecule has 0 aromatic carbocycles. The van der Waals surface area contributed by atoms with Crippen LogP contribution in [0.4, 0.5) is 0 Å². The number of fused-ring (bicyclic) bond motifs is 1. The number of primary amides is 1. The number of aliphatic hydroxyl groups excluding tert-OH is 1. The summed E-state index contributed by atoms with van der Waals surface area (Å²) in [5.41, 5.74) is 11.7. The van der Waals surface area contributed by atoms with E-state index in [9.17, 15) is 19.5 Å². The Bertz CT molecular complexity index is 756. The highest BCUT2D eigenvalue weighted by molar-refractivity contribution is 6.51. The van der Waals surface area contributed by atoms with Gasteiger partial charge in [0.1, 0.15) is 10.4 Å². The Balaban J connectivity index is 1.49. The van der Waals surface area contributed by atoms with Crippen molar-refractivity contribution < 1.29 is 19.5 Å². The topological polar surface area (TPSA) is 139 Å². The first-order valence-electron chi connectivity index (χ1n) is 11.8. The number of likely N-dealkylation sites (tertiary alicyclic amines) is 1. The number of nitrogens with one attached hydrogen (secondary N) is 1. The maximum atomic E-state index is 13.4. The highest BCUT2D eigenvalue weighted by atomic mass is 35.5. The van der Waals surface area contributed by atoms with E-state index < -0.39 is 46.3 Å². The number of alkyl halides is 2. The van der Waals surface area contributed by atoms with E-state index in [4.69, 9.17) is 34.7 Å². The van der Waals surface area contributed by atoms with Crippen LogP contribution < -0.4 is 16.8 Å². The number of carbonyl (C=O) groups is 3. The van der Waals surface area contributed by atoms with Crippen LogP contribution in [0, 0.1) is 23.7 Å². The second-order valence-electron chi connectivity index (χ2n) is 10.2. The zero-order valence-corrected chi connectivity index (χ0v) is 19.7. The average Bonchev–Trinajstić information content (AvgIpc) is 3.08. The van der Waals surface area contributed by atoms with Crippen molar-refractivity contribution in [2.45, 2.75) is 86.4 Å². The summed E-state index contributed by atoms with van der Waals surface area (Å²) in [6, 6.07) is -2.35. The molecule has 1 saturated heterocycles. The standard InChI is InChI=1S/C22H34Cl2N4O4/c23-22(24)13-10-28(21(32)16(25)12-7-2-1-3-8-12)17(15(13)22)20(31)27-14(18(29)19(26)30)9-11-5-4-6-11/h11-18,29H,1-10,25H2,(H2,26,30)(H,27,31). The van der Waals surface area contributed by atoms with Gasteiger partial charge in [-0.1, -0.05) is 38.5 Å². The maximum absolute atomic E-state index is 13.4. The predicted molar refractivity (Wildman–Crippen MR) is 121 cm³/mol. The van der Waals surface area contributed by atoms with Crippen molar-refractivity contribution in [3.05, 3.63) is 0 Å². The number of nitrogens with zero attached hydrogens (tertiary/aromatic N) is 1. The minimum atomic E-state index is -1.50. The maximum Gasteiger partial charge on any atom is 0.248 e. The first-order chi connectivity index (χ1) is 15.1. The number of amides is 3. The molecule has 6 unspecified atom stereocenters. The fourth-order valence-electron chi connectivity index (χ4n) is 5.84. The molecule has 6 N–H and O–H groups in total. The Kier molecular flexibility index (Phi) is 6.97. The summed E-state index contributed by atoms with van der Waals surface area (Å²) < 4.78 is -1.07. The summed E-state index contributed by atoms with van der Waals surface area (Å²) in [6.45, 7) is 0.278. The van der Waals surface area contributed by atoms with E-state index in [2.05, 4.69) is 5.32 Å². The molecule has 0 radical (unpaired) electrons. The van der Waals surface area contributed by atoms with Gasteiger partial charge in [0.25, 0.3) is 0 Å². The van der Waals surface area contributed by atoms with Crippen LogP contribution in [0.25, 0.3) is 0 Å². The molecule has 4 aliphatic rings. The minimum Gasteiger partial charge on any atom is -0.381 e. The molecule has 8 nitrogen and oxygen atoms in total. The van der Waals surface area contributed by atoms with E-state index in [1.54, 1.807) is 0 Å². The lowest BCUT2D eigenvalue weighted by atomic mass is 9.79. The number of aliphatic hydroxyl groups is 1. The van der Waals surface area contributed by atoms with Crippen molar-refractivity contribution in [2.24, 2.45) is 35.1 Å². The van der Waals surface area contributed by atoms with Gasteiger partial charge in [0, 0.05) is 18.4 Å². The molecular weight excluding hydrogens is 455 g/mol. The second kappa shape index (κ2) is 9.28. The van der Waals surface area contributed by atoms with Crippen LogP contribution in [0.3, 0.4) is 0 Å². The van der Waals surface area contributed by atoms with Gasteiger partial charge in [-0.05, 0) is 31.1 Å². The molecule has 0 spiro atoms. The molecule has 0 aromatic heterocycles. The lowest BCUT2D eigenvalue weighted by Gasteiger charge is -2.36. The Morgan fingerprint density at radius 2 is 1.75 bits per heavy atom. The van der Waals surface area contributed by atoms with Crippen LogP contribution in [-0.2, 0) is 14.4 Å². The Morgan fingerprint density at radius 1 is 1.09 bits per heavy atom. The van der Waals surface area contributed by atoms with Crippen molar-refractivity contribution in [2.75, 3.05) is 6.54 Å². The van der Waals surface area contributed by atoms with E-state index in [-0.39, 0.29) is 24.3 Å². The van der Waals surface area contributed by atoms with Gasteiger partial charge in [0.15, 0.2) is 6.10 Å². The molecule has 32 heavy (non-hydrogen) atoms. The monoisotopic (exact) mass is 488 g/mol. The summed E-state index contributed by atoms with van der Waals surface area (Å²) in [4.78, 5) is 39.9. The highest BCUT2D eigenvalue weighted by Crippen LogP contribution is 2.65. The zero-order valence-electron chi connectivity index (χ0n) is 18.2. The molecule has 0 bridgehead atoms. The average molecular weight is 489 g/mol. The number of hydrogen-bond acceptors (Lipinski definition) is 5. The summed E-state index contributed by atoms with van der Waals surface area (Å²) >= 11 is 12.8. The summed E-state index contributed by atoms with van der Waals surface area (Å²) in [5, 5.41) is 13.1. The SMILES string of the molecule is NC(=O)C(O)C(CC1CCC1)NC(=O)C1C2C(CN1C(=O)C(N)C1CCCCC1)C2(Cl)Cl. The molecular formula is C22H34Cl2N4O4. The van der Waals surface area contributed by atoms with Gasteiger partial charge in [-0.25, -0.2) is 0 Å². The Labute approximate surface area is 198 Å². The highest BCUT2D eigenvalue weighted by Gasteiger charge is 2.74. The zero-order chi connectivity index (χ0) is 23.2. The molecule has 6 atom stereocenters. The van der Waals surface area contributed by atoms with E-state index >= 15 is 0 Å². The number of carbonyl (C=O) groups excluding carboxylic acids is 3. The van der Waals surface area contributed by atoms with Gasteiger partial charge >= 0.3 is 0 Å². The predicted octanol–water partition coefficient (Wildman–Crippen LogP) is 1.05. The van der Waals surface area contributed by atoms with Crippen LogP contribution >= 0.6 is 23.2 Å². The Morgan fingerprint density at radius 3 is 2.31 bits per heavy atom. The van der Waals surface area contributed by atoms with Gasteiger partial charge in [0.2, 0.25) is 17.7 Å². The third-order valence-corrected chi connectivity index (χ3v) is 9.20. The van der Waals surface area contributed by atoms with Crippen molar-refractivity contribution in [1.82, 2.24) is 10.2 Å². The normalized spacial score (nSPS) is 32.4. The summed E-state index contributed by atoms with van der Waals surface area (Å²) in [7, 11) is 0. The van der Waals surface area contributed by atoms with Gasteiger partial charge in [-0.15, -0.1) is 23.2 Å². The van der Waals surface area contributed by atoms with Gasteiger partial charge in [-0.2, -0.15) is 0 Å². The van der Waals surface area contributed by atoms with E-state index in [0.29, 0.717) is 12.3 Å². The molecule has 4 rings (SSSR count). The Hall–Kier alpha value is -1.09. The molecule has 3 aliphatic carbocycles. The van der Waals surface area contributed by atoms with Crippen molar-refractivity contribution in [3.8, 4) is 0 Å². The van der Waals surface area contributed by atoms with E-state index in [0.717, 1.165) is 51.4 Å². The molecule has 4 fully saturated rings. The molecule has 1 heterocycles. The largest absolute Gasteiger partial charge is 0.381 e. The van der Waals surface area contributed by atoms with Gasteiger partial charge in [-0.3, -0.25) is 14.4 Å². The van der Waals surface area contributed by atoms with Gasteiger partial charge < -0.3 is 26.8 Å². The smallest absolute Gasteiger partial charge is 0.248 e. The second-order valence-corrected chi connectivity index (χ2v) is 11.6. The molecule has 1 aliphatic heterocycles. The molecule has 3 amide bonds. The van der Waals surface area contributed by atoms with Crippen LogP contribution in [0.1, 0.15) is 57.8 Å². The number of hydrogen-bond donors (Lipinski definition) is 4. The summed E-state index contributed by atoms with van der Waals surface area (Å²) in [6.07, 6.45) is 7.11. The van der Waals surface area contributed by atoms with Crippen LogP contribution in [0.5, 0.6) is 0 Å². The fourth-order valence-corrected chi connectivity index (χ4v) is 6.67. The molecule has 10 heteroatoms. The van der Waals surface area contributed by atoms with Crippen molar-refractivity contribution in [1.29, 1.82) is 0 Å². The number of nitrogens with two attached hydrogens (primary N) is 2. The minimum absolute atomic E-state index is 0.108. The fraction of sp³-hybridized carbons (Fsp3) is 0.864. The third-order valence-electron chi connectivity index (χ3n) is 8.14. The quantitative estimate of drug-likeness (QED) is 0.378. The van der Waals surface area contributed by atoms with E-state index in [1.807, 2.05) is 0 Å². The lowest BCUT2D eigenvalue weighted by Crippen LogP contribution is -2.59. The van der Waals surface area contributed by atoms with Crippen molar-refractivity contribution >= 4 is 40.9 Å². The molecule has 180 valence electrons. The van der Waals surface area contributed by atoms with Crippen molar-refractivity contribution in [3.63, 3.8) is 0 Å². The van der Waals surface area contributed by atoms with Crippen LogP contribution in [0.2, 0.25) is 0 Å². The molecule has 3 saturated carbocycles. The van der Waals surface area contributed by atoms with Crippen LogP contribution in [-0.4, -0.2) is 62.8 Å². The third kappa shape index (κ3) is 4.48. The number of rotatable bonds is 8. The van der Waals surface area contributed by atoms with Crippen LogP contribution in [0.15, 0.2) is 0 Å². The lowest BCUT2D eigenvalue weighted by molar-refractivity contribution is -0.143.